The third-order valence-electron chi connectivity index (χ3n) is 5.12. The molecule has 0 amide bonds. The number of benzene rings is 3. The molecule has 4 nitrogen and oxygen atoms in total. The van der Waals surface area contributed by atoms with Gasteiger partial charge in [0.15, 0.2) is 11.6 Å². The first-order chi connectivity index (χ1) is 14.6. The maximum atomic E-state index is 13.6. The van der Waals surface area contributed by atoms with Crippen LogP contribution in [-0.2, 0) is 6.42 Å². The van der Waals surface area contributed by atoms with Gasteiger partial charge in [0.1, 0.15) is 0 Å². The number of nitrogens with zero attached hydrogens (tertiary/aromatic N) is 2. The van der Waals surface area contributed by atoms with Crippen molar-refractivity contribution in [1.29, 1.82) is 0 Å². The fourth-order valence-electron chi connectivity index (χ4n) is 3.35. The SMILES string of the molecule is CCCCCc1ccc(-c2ccc(-c3noc(-c4ccc(O)c(F)c4)n3)cc2)cc1. The number of rotatable bonds is 7. The van der Waals surface area contributed by atoms with Crippen LogP contribution in [0.1, 0.15) is 31.7 Å². The van der Waals surface area contributed by atoms with E-state index in [1.165, 1.54) is 43.0 Å². The summed E-state index contributed by atoms with van der Waals surface area (Å²) in [5.74, 6) is -0.515. The van der Waals surface area contributed by atoms with Gasteiger partial charge in [-0.05, 0) is 47.7 Å². The predicted octanol–water partition coefficient (Wildman–Crippen LogP) is 6.65. The van der Waals surface area contributed by atoms with Crippen LogP contribution in [0.15, 0.2) is 71.3 Å². The third kappa shape index (κ3) is 4.40. The molecule has 0 unspecified atom stereocenters. The van der Waals surface area contributed by atoms with E-state index in [0.29, 0.717) is 11.4 Å². The highest BCUT2D eigenvalue weighted by atomic mass is 19.1. The second-order valence-corrected chi connectivity index (χ2v) is 7.32. The van der Waals surface area contributed by atoms with Crippen LogP contribution in [0.2, 0.25) is 0 Å². The molecule has 1 aromatic heterocycles. The predicted molar refractivity (Wildman–Crippen MR) is 115 cm³/mol. The van der Waals surface area contributed by atoms with E-state index in [2.05, 4.69) is 41.3 Å². The van der Waals surface area contributed by atoms with E-state index in [4.69, 9.17) is 4.52 Å². The van der Waals surface area contributed by atoms with Crippen LogP contribution in [0.4, 0.5) is 4.39 Å². The molecule has 30 heavy (non-hydrogen) atoms. The second-order valence-electron chi connectivity index (χ2n) is 7.32. The van der Waals surface area contributed by atoms with Crippen molar-refractivity contribution >= 4 is 0 Å². The Balaban J connectivity index is 1.48. The minimum absolute atomic E-state index is 0.201. The van der Waals surface area contributed by atoms with Crippen LogP contribution >= 0.6 is 0 Å². The topological polar surface area (TPSA) is 59.2 Å². The minimum atomic E-state index is -0.729. The second kappa shape index (κ2) is 8.91. The Morgan fingerprint density at radius 3 is 2.13 bits per heavy atom. The zero-order valence-electron chi connectivity index (χ0n) is 16.8. The fraction of sp³-hybridized carbons (Fsp3) is 0.200. The molecule has 3 aromatic carbocycles. The molecule has 0 saturated heterocycles. The van der Waals surface area contributed by atoms with Gasteiger partial charge in [-0.3, -0.25) is 0 Å². The molecule has 0 bridgehead atoms. The average Bonchev–Trinajstić information content (AvgIpc) is 3.27. The lowest BCUT2D eigenvalue weighted by atomic mass is 10.0. The van der Waals surface area contributed by atoms with Gasteiger partial charge in [0.25, 0.3) is 5.89 Å². The molecule has 1 N–H and O–H groups in total. The summed E-state index contributed by atoms with van der Waals surface area (Å²) in [5.41, 5.74) is 4.87. The highest BCUT2D eigenvalue weighted by molar-refractivity contribution is 5.68. The fourth-order valence-corrected chi connectivity index (χ4v) is 3.35. The van der Waals surface area contributed by atoms with Crippen LogP contribution in [-0.4, -0.2) is 15.2 Å². The molecule has 0 spiro atoms. The summed E-state index contributed by atoms with van der Waals surface area (Å²) in [7, 11) is 0. The Kier molecular flexibility index (Phi) is 5.89. The third-order valence-corrected chi connectivity index (χ3v) is 5.12. The van der Waals surface area contributed by atoms with Crippen molar-refractivity contribution in [3.8, 4) is 39.7 Å². The van der Waals surface area contributed by atoms with Crippen molar-refractivity contribution in [1.82, 2.24) is 10.1 Å². The quantitative estimate of drug-likeness (QED) is 0.352. The Morgan fingerprint density at radius 2 is 1.47 bits per heavy atom. The van der Waals surface area contributed by atoms with Crippen molar-refractivity contribution in [2.75, 3.05) is 0 Å². The first-order valence-corrected chi connectivity index (χ1v) is 10.2. The maximum Gasteiger partial charge on any atom is 0.258 e. The van der Waals surface area contributed by atoms with Crippen molar-refractivity contribution in [2.24, 2.45) is 0 Å². The number of aromatic nitrogens is 2. The van der Waals surface area contributed by atoms with E-state index in [1.54, 1.807) is 0 Å². The summed E-state index contributed by atoms with van der Waals surface area (Å²) in [6.45, 7) is 2.22. The number of aryl methyl sites for hydroxylation is 1. The zero-order chi connectivity index (χ0) is 20.9. The number of phenols is 1. The lowest BCUT2D eigenvalue weighted by Gasteiger charge is -2.05. The molecule has 0 aliphatic heterocycles. The van der Waals surface area contributed by atoms with E-state index in [-0.39, 0.29) is 5.89 Å². The first-order valence-electron chi connectivity index (χ1n) is 10.2. The van der Waals surface area contributed by atoms with Gasteiger partial charge in [0.2, 0.25) is 5.82 Å². The van der Waals surface area contributed by atoms with E-state index < -0.39 is 11.6 Å². The van der Waals surface area contributed by atoms with Crippen molar-refractivity contribution < 1.29 is 14.0 Å². The number of hydrogen-bond donors (Lipinski definition) is 1. The number of unbranched alkanes of at least 4 members (excludes halogenated alkanes) is 2. The summed E-state index contributed by atoms with van der Waals surface area (Å²) in [6.07, 6.45) is 4.85. The monoisotopic (exact) mass is 402 g/mol. The molecule has 0 atom stereocenters. The van der Waals surface area contributed by atoms with Gasteiger partial charge < -0.3 is 9.63 Å². The van der Waals surface area contributed by atoms with Gasteiger partial charge in [0, 0.05) is 11.1 Å². The Labute approximate surface area is 175 Å². The molecule has 0 saturated carbocycles. The van der Waals surface area contributed by atoms with Crippen LogP contribution in [0, 0.1) is 5.82 Å². The van der Waals surface area contributed by atoms with Gasteiger partial charge in [-0.1, -0.05) is 73.5 Å². The van der Waals surface area contributed by atoms with Crippen LogP contribution in [0.3, 0.4) is 0 Å². The summed E-state index contributed by atoms with van der Waals surface area (Å²) in [6, 6.07) is 20.6. The molecule has 5 heteroatoms. The normalized spacial score (nSPS) is 11.0. The Hall–Kier alpha value is -3.47. The Morgan fingerprint density at radius 1 is 0.833 bits per heavy atom. The van der Waals surface area contributed by atoms with Crippen molar-refractivity contribution in [2.45, 2.75) is 32.6 Å². The van der Waals surface area contributed by atoms with Gasteiger partial charge in [-0.15, -0.1) is 0 Å². The van der Waals surface area contributed by atoms with Gasteiger partial charge in [0.05, 0.1) is 0 Å². The van der Waals surface area contributed by atoms with Crippen molar-refractivity contribution in [3.05, 3.63) is 78.1 Å². The van der Waals surface area contributed by atoms with Crippen molar-refractivity contribution in [3.63, 3.8) is 0 Å². The number of hydrogen-bond acceptors (Lipinski definition) is 4. The number of aromatic hydroxyl groups is 1. The smallest absolute Gasteiger partial charge is 0.258 e. The summed E-state index contributed by atoms with van der Waals surface area (Å²) in [4.78, 5) is 4.34. The molecule has 152 valence electrons. The van der Waals surface area contributed by atoms with E-state index in [0.717, 1.165) is 23.1 Å². The minimum Gasteiger partial charge on any atom is -0.505 e. The first kappa shape index (κ1) is 19.8. The summed E-state index contributed by atoms with van der Waals surface area (Å²) >= 11 is 0. The molecule has 0 fully saturated rings. The largest absolute Gasteiger partial charge is 0.505 e. The maximum absolute atomic E-state index is 13.6. The van der Waals surface area contributed by atoms with Crippen LogP contribution in [0.25, 0.3) is 34.0 Å². The van der Waals surface area contributed by atoms with Gasteiger partial charge in [-0.25, -0.2) is 4.39 Å². The summed E-state index contributed by atoms with van der Waals surface area (Å²) in [5, 5.41) is 13.3. The lowest BCUT2D eigenvalue weighted by molar-refractivity contribution is 0.426. The molecular weight excluding hydrogens is 379 g/mol. The van der Waals surface area contributed by atoms with E-state index in [1.807, 2.05) is 24.3 Å². The molecule has 4 aromatic rings. The molecular formula is C25H23FN2O2. The zero-order valence-corrected chi connectivity index (χ0v) is 16.8. The lowest BCUT2D eigenvalue weighted by Crippen LogP contribution is -1.86. The molecule has 0 aliphatic carbocycles. The van der Waals surface area contributed by atoms with E-state index >= 15 is 0 Å². The molecule has 0 radical (unpaired) electrons. The molecule has 4 rings (SSSR count). The molecule has 0 aliphatic rings. The number of halogens is 1. The summed E-state index contributed by atoms with van der Waals surface area (Å²) < 4.78 is 18.8. The number of phenolic OH excluding ortho intramolecular Hbond substituents is 1. The highest BCUT2D eigenvalue weighted by Gasteiger charge is 2.13. The van der Waals surface area contributed by atoms with Crippen LogP contribution < -0.4 is 0 Å². The van der Waals surface area contributed by atoms with Gasteiger partial charge >= 0.3 is 0 Å². The average molecular weight is 402 g/mol. The van der Waals surface area contributed by atoms with Gasteiger partial charge in [-0.2, -0.15) is 4.98 Å². The Bertz CT molecular complexity index is 1120. The van der Waals surface area contributed by atoms with Crippen LogP contribution in [0.5, 0.6) is 5.75 Å². The van der Waals surface area contributed by atoms with E-state index in [9.17, 15) is 9.50 Å². The standard InChI is InChI=1S/C25H23FN2O2/c1-2-3-4-5-17-6-8-18(9-7-17)19-10-12-20(13-11-19)24-27-25(30-28-24)21-14-15-23(29)22(26)16-21/h6-16,29H,2-5H2,1H3. The molecule has 1 heterocycles. The highest BCUT2D eigenvalue weighted by Crippen LogP contribution is 2.27.